The van der Waals surface area contributed by atoms with Crippen LogP contribution in [0.25, 0.3) is 10.9 Å². The van der Waals surface area contributed by atoms with Gasteiger partial charge in [-0.1, -0.05) is 78.9 Å². The van der Waals surface area contributed by atoms with Gasteiger partial charge in [-0.2, -0.15) is 0 Å². The lowest BCUT2D eigenvalue weighted by atomic mass is 10.0. The number of hydrogen-bond acceptors (Lipinski definition) is 12. The monoisotopic (exact) mass is 1130 g/mol. The second-order valence-corrected chi connectivity index (χ2v) is 20.3. The maximum atomic E-state index is 15.2. The third kappa shape index (κ3) is 19.3. The number of amides is 9. The van der Waals surface area contributed by atoms with Crippen molar-refractivity contribution < 1.29 is 47.9 Å². The van der Waals surface area contributed by atoms with E-state index < -0.39 is 108 Å². The largest absolute Gasteiger partial charge is 0.372 e. The quantitative estimate of drug-likeness (QED) is 0.0285. The highest BCUT2D eigenvalue weighted by Gasteiger charge is 2.44. The average molecular weight is 1130 g/mol. The summed E-state index contributed by atoms with van der Waals surface area (Å²) in [5.74, 6) is -7.32. The number of H-pyrrole nitrogens is 1. The molecule has 2 fully saturated rings. The van der Waals surface area contributed by atoms with E-state index in [2.05, 4.69) is 52.2 Å². The van der Waals surface area contributed by atoms with E-state index in [1.54, 1.807) is 36.5 Å². The number of aromatic amines is 1. The van der Waals surface area contributed by atoms with Gasteiger partial charge in [0.2, 0.25) is 53.2 Å². The second-order valence-electron chi connectivity index (χ2n) is 20.3. The highest BCUT2D eigenvalue weighted by atomic mass is 16.5. The molecule has 18 N–H and O–H groups in total. The molecule has 26 nitrogen and oxygen atoms in total. The first-order chi connectivity index (χ1) is 39.3. The summed E-state index contributed by atoms with van der Waals surface area (Å²) in [5, 5.41) is 19.9. The minimum atomic E-state index is -1.63. The molecule has 9 amide bonds. The number of hydrogen-bond donors (Lipinski definition) is 13. The highest BCUT2D eigenvalue weighted by Crippen LogP contribution is 2.25. The number of nitrogens with one attached hydrogen (secondary N) is 8. The van der Waals surface area contributed by atoms with E-state index in [4.69, 9.17) is 33.4 Å². The first kappa shape index (κ1) is 62.1. The summed E-state index contributed by atoms with van der Waals surface area (Å²) in [4.78, 5) is 140. The fraction of sp³-hybridized carbons (Fsp3) is 0.446. The van der Waals surface area contributed by atoms with Gasteiger partial charge >= 0.3 is 0 Å². The molecule has 0 bridgehead atoms. The molecule has 0 spiro atoms. The van der Waals surface area contributed by atoms with Crippen LogP contribution in [0.2, 0.25) is 0 Å². The smallest absolute Gasteiger partial charge is 0.246 e. The molecule has 26 heteroatoms. The zero-order valence-electron chi connectivity index (χ0n) is 45.9. The number of ether oxygens (including phenoxy) is 1. The summed E-state index contributed by atoms with van der Waals surface area (Å²) in [6.07, 6.45) is 0.923. The molecule has 2 aliphatic heterocycles. The Morgan fingerprint density at radius 3 is 2.01 bits per heavy atom. The van der Waals surface area contributed by atoms with Crippen LogP contribution >= 0.6 is 0 Å². The van der Waals surface area contributed by atoms with Crippen molar-refractivity contribution in [3.05, 3.63) is 108 Å². The van der Waals surface area contributed by atoms with Gasteiger partial charge in [0.15, 0.2) is 11.9 Å². The lowest BCUT2D eigenvalue weighted by molar-refractivity contribution is -0.143. The SMILES string of the molecule is CC(=O)N[C@H](CCCN=C(N)N)C(=O)N[C@@H]1CC(=O)NCCCC[C@H](C(N)=O)NC(=O)[C@@H](Cc2c[nH]c3ccccc23)NC(=O)[C@@H](CCCN=C(N)N)NC(=O)[C@H](Cc2ccccc2)NC(=O)[C@H]2C[C@H](OCc3ccccc3)CN2C1=O. The number of primary amides is 1. The van der Waals surface area contributed by atoms with E-state index in [0.717, 1.165) is 16.5 Å². The summed E-state index contributed by atoms with van der Waals surface area (Å²) in [6, 6.07) is 15.7. The number of para-hydroxylation sites is 1. The Hall–Kier alpha value is -9.07. The van der Waals surface area contributed by atoms with Gasteiger partial charge in [-0.15, -0.1) is 0 Å². The molecule has 440 valence electrons. The minimum absolute atomic E-state index is 0.0181. The van der Waals surface area contributed by atoms with Crippen LogP contribution in [0.15, 0.2) is 101 Å². The molecule has 3 aromatic carbocycles. The summed E-state index contributed by atoms with van der Waals surface area (Å²) >= 11 is 0. The molecular weight excluding hydrogens is 1060 g/mol. The zero-order valence-corrected chi connectivity index (χ0v) is 45.9. The Kier molecular flexibility index (Phi) is 23.5. The molecule has 0 aliphatic carbocycles. The fourth-order valence-corrected chi connectivity index (χ4v) is 9.78. The number of nitrogens with zero attached hydrogens (tertiary/aromatic N) is 3. The molecule has 0 unspecified atom stereocenters. The summed E-state index contributed by atoms with van der Waals surface area (Å²) < 4.78 is 6.32. The zero-order chi connectivity index (χ0) is 59.1. The Balaban J connectivity index is 1.39. The fourth-order valence-electron chi connectivity index (χ4n) is 9.78. The van der Waals surface area contributed by atoms with E-state index in [0.29, 0.717) is 11.1 Å². The van der Waals surface area contributed by atoms with Gasteiger partial charge in [-0.3, -0.25) is 53.1 Å². The molecule has 2 saturated heterocycles. The lowest BCUT2D eigenvalue weighted by Gasteiger charge is -2.30. The number of rotatable bonds is 19. The van der Waals surface area contributed by atoms with Gasteiger partial charge in [-0.25, -0.2) is 0 Å². The Labute approximate surface area is 474 Å². The first-order valence-electron chi connectivity index (χ1n) is 27.4. The summed E-state index contributed by atoms with van der Waals surface area (Å²) in [6.45, 7) is 1.30. The van der Waals surface area contributed by atoms with E-state index in [1.165, 1.54) is 11.8 Å². The van der Waals surface area contributed by atoms with Crippen LogP contribution in [-0.4, -0.2) is 150 Å². The van der Waals surface area contributed by atoms with Crippen molar-refractivity contribution in [2.45, 2.75) is 133 Å². The van der Waals surface area contributed by atoms with Crippen molar-refractivity contribution in [1.82, 2.24) is 47.1 Å². The topological polar surface area (TPSA) is 421 Å². The minimum Gasteiger partial charge on any atom is -0.372 e. The maximum Gasteiger partial charge on any atom is 0.246 e. The van der Waals surface area contributed by atoms with Crippen molar-refractivity contribution >= 4 is 76.0 Å². The van der Waals surface area contributed by atoms with Crippen molar-refractivity contribution in [2.75, 3.05) is 26.2 Å². The Morgan fingerprint density at radius 2 is 1.33 bits per heavy atom. The third-order valence-corrected chi connectivity index (χ3v) is 13.9. The number of carbonyl (C=O) groups excluding carboxylic acids is 9. The van der Waals surface area contributed by atoms with E-state index in [9.17, 15) is 33.6 Å². The van der Waals surface area contributed by atoms with Crippen molar-refractivity contribution in [2.24, 2.45) is 38.7 Å². The molecule has 0 saturated carbocycles. The molecule has 0 radical (unpaired) electrons. The number of nitrogens with two attached hydrogens (primary N) is 5. The predicted octanol–water partition coefficient (Wildman–Crippen LogP) is -1.65. The molecule has 2 aliphatic rings. The van der Waals surface area contributed by atoms with Crippen molar-refractivity contribution in [3.63, 3.8) is 0 Å². The number of guanidine groups is 2. The van der Waals surface area contributed by atoms with E-state index in [1.807, 2.05) is 54.6 Å². The van der Waals surface area contributed by atoms with Gasteiger partial charge in [-0.05, 0) is 67.7 Å². The Bertz CT molecular complexity index is 2910. The van der Waals surface area contributed by atoms with Gasteiger partial charge < -0.3 is 80.5 Å². The number of aliphatic imine (C=N–C) groups is 2. The van der Waals surface area contributed by atoms with Gasteiger partial charge in [0.25, 0.3) is 0 Å². The summed E-state index contributed by atoms with van der Waals surface area (Å²) in [5.41, 5.74) is 30.9. The number of fused-ring (bicyclic) bond motifs is 2. The van der Waals surface area contributed by atoms with Gasteiger partial charge in [0.1, 0.15) is 42.3 Å². The highest BCUT2D eigenvalue weighted by molar-refractivity contribution is 5.99. The Morgan fingerprint density at radius 1 is 0.720 bits per heavy atom. The van der Waals surface area contributed by atoms with Crippen LogP contribution in [0.3, 0.4) is 0 Å². The second kappa shape index (κ2) is 31.1. The van der Waals surface area contributed by atoms with Crippen LogP contribution in [0.4, 0.5) is 0 Å². The molecule has 3 heterocycles. The van der Waals surface area contributed by atoms with Crippen LogP contribution < -0.4 is 65.9 Å². The molecular formula is C56H76N16O10. The summed E-state index contributed by atoms with van der Waals surface area (Å²) in [7, 11) is 0. The van der Waals surface area contributed by atoms with Crippen LogP contribution in [0.5, 0.6) is 0 Å². The molecule has 1 aromatic heterocycles. The van der Waals surface area contributed by atoms with Crippen LogP contribution in [0.1, 0.15) is 81.4 Å². The van der Waals surface area contributed by atoms with Crippen molar-refractivity contribution in [3.8, 4) is 0 Å². The standard InChI is InChI=1S/C56H76N16O10/c1-33(73)66-41(21-12-24-63-55(58)59)49(76)71-45-29-47(74)62-23-11-10-20-40(48(57)75)67-52(79)44(27-36-30-65-39-19-9-8-18-38(36)39)69-50(77)42(22-13-25-64-56(60)61)68-51(78)43(26-34-14-4-2-5-15-34)70-53(80)46-28-37(31-72(46)54(45)81)82-32-35-16-6-3-7-17-35/h2-9,14-19,30,37,40-46,65H,10-13,20-29,31-32H2,1H3,(H2,57,75)(H,62,74)(H,66,73)(H,67,79)(H,68,78)(H,69,77)(H,70,80)(H,71,76)(H4,58,59,63)(H4,60,61,64)/t37-,40+,41+,42+,43-,44+,45+,46+/m0/s1. The number of carbonyl (C=O) groups is 9. The van der Waals surface area contributed by atoms with Gasteiger partial charge in [0.05, 0.1) is 19.1 Å². The van der Waals surface area contributed by atoms with Crippen molar-refractivity contribution in [1.29, 1.82) is 0 Å². The average Bonchev–Trinajstić information content (AvgIpc) is 4.08. The maximum absolute atomic E-state index is 15.2. The lowest BCUT2D eigenvalue weighted by Crippen LogP contribution is -2.60. The van der Waals surface area contributed by atoms with E-state index in [-0.39, 0.29) is 109 Å². The predicted molar refractivity (Wildman–Crippen MR) is 305 cm³/mol. The molecule has 4 aromatic rings. The third-order valence-electron chi connectivity index (χ3n) is 13.9. The first-order valence-corrected chi connectivity index (χ1v) is 27.4. The molecule has 8 atom stereocenters. The molecule has 82 heavy (non-hydrogen) atoms. The van der Waals surface area contributed by atoms with Crippen LogP contribution in [-0.2, 0) is 67.3 Å². The van der Waals surface area contributed by atoms with Gasteiger partial charge in [0, 0.05) is 69.5 Å². The molecule has 6 rings (SSSR count). The number of benzene rings is 3. The van der Waals surface area contributed by atoms with E-state index >= 15 is 9.59 Å². The van der Waals surface area contributed by atoms with Crippen LogP contribution in [0, 0.1) is 0 Å². The number of aromatic nitrogens is 1. The normalized spacial score (nSPS) is 22.0.